The molecule has 0 saturated carbocycles. The molecular formula is C7H16N2O2. The molecule has 0 saturated heterocycles. The largest absolute Gasteiger partial charge is 0.450 e. The Kier molecular flexibility index (Phi) is 5.56. The first-order valence-corrected chi connectivity index (χ1v) is 3.87. The Morgan fingerprint density at radius 2 is 2.27 bits per heavy atom. The molecule has 0 rings (SSSR count). The number of nitrogens with two attached hydrogens (primary N) is 1. The van der Waals surface area contributed by atoms with Crippen molar-refractivity contribution >= 4 is 6.09 Å². The predicted octanol–water partition coefficient (Wildman–Crippen LogP) is 0.470. The topological polar surface area (TPSA) is 64.3 Å². The minimum absolute atomic E-state index is 0.0362. The van der Waals surface area contributed by atoms with E-state index in [2.05, 4.69) is 10.1 Å². The molecule has 1 unspecified atom stereocenters. The second-order valence-corrected chi connectivity index (χ2v) is 2.21. The van der Waals surface area contributed by atoms with Crippen molar-refractivity contribution in [2.75, 3.05) is 13.2 Å². The van der Waals surface area contributed by atoms with Gasteiger partial charge >= 0.3 is 6.09 Å². The van der Waals surface area contributed by atoms with Crippen molar-refractivity contribution in [2.45, 2.75) is 26.3 Å². The normalized spacial score (nSPS) is 12.3. The Hall–Kier alpha value is -0.770. The summed E-state index contributed by atoms with van der Waals surface area (Å²) in [6.45, 7) is 4.58. The molecule has 0 radical (unpaired) electrons. The quantitative estimate of drug-likeness (QED) is 0.628. The predicted molar refractivity (Wildman–Crippen MR) is 43.3 cm³/mol. The average molecular weight is 160 g/mol. The van der Waals surface area contributed by atoms with E-state index in [0.29, 0.717) is 13.2 Å². The van der Waals surface area contributed by atoms with Crippen molar-refractivity contribution in [3.63, 3.8) is 0 Å². The first-order chi connectivity index (χ1) is 5.24. The van der Waals surface area contributed by atoms with E-state index in [1.54, 1.807) is 6.92 Å². The molecule has 4 nitrogen and oxygen atoms in total. The number of hydrogen-bond donors (Lipinski definition) is 2. The summed E-state index contributed by atoms with van der Waals surface area (Å²) >= 11 is 0. The van der Waals surface area contributed by atoms with Crippen LogP contribution in [0.15, 0.2) is 0 Å². The van der Waals surface area contributed by atoms with Crippen molar-refractivity contribution in [3.8, 4) is 0 Å². The lowest BCUT2D eigenvalue weighted by Crippen LogP contribution is -2.39. The molecule has 0 heterocycles. The molecule has 3 N–H and O–H groups in total. The lowest BCUT2D eigenvalue weighted by Gasteiger charge is -2.13. The summed E-state index contributed by atoms with van der Waals surface area (Å²) in [5.74, 6) is 0. The van der Waals surface area contributed by atoms with E-state index >= 15 is 0 Å². The highest BCUT2D eigenvalue weighted by molar-refractivity contribution is 5.67. The fourth-order valence-corrected chi connectivity index (χ4v) is 0.667. The monoisotopic (exact) mass is 160 g/mol. The number of carbonyl (C=O) groups is 1. The lowest BCUT2D eigenvalue weighted by molar-refractivity contribution is 0.148. The summed E-state index contributed by atoms with van der Waals surface area (Å²) in [7, 11) is 0. The Labute approximate surface area is 67.1 Å². The van der Waals surface area contributed by atoms with Gasteiger partial charge in [0.15, 0.2) is 0 Å². The fourth-order valence-electron chi connectivity index (χ4n) is 0.667. The van der Waals surface area contributed by atoms with Crippen LogP contribution in [0.1, 0.15) is 20.3 Å². The van der Waals surface area contributed by atoms with Crippen molar-refractivity contribution in [1.29, 1.82) is 0 Å². The Morgan fingerprint density at radius 1 is 1.64 bits per heavy atom. The van der Waals surface area contributed by atoms with Crippen LogP contribution in [0, 0.1) is 0 Å². The van der Waals surface area contributed by atoms with Gasteiger partial charge in [-0.1, -0.05) is 6.92 Å². The van der Waals surface area contributed by atoms with E-state index in [0.717, 1.165) is 6.42 Å². The number of hydrogen-bond acceptors (Lipinski definition) is 3. The summed E-state index contributed by atoms with van der Waals surface area (Å²) in [6, 6.07) is 0.0362. The molecule has 0 aromatic heterocycles. The van der Waals surface area contributed by atoms with Gasteiger partial charge in [0, 0.05) is 12.6 Å². The zero-order valence-electron chi connectivity index (χ0n) is 7.09. The van der Waals surface area contributed by atoms with Gasteiger partial charge in [0.1, 0.15) is 0 Å². The highest BCUT2D eigenvalue weighted by Gasteiger charge is 2.07. The third kappa shape index (κ3) is 4.61. The first-order valence-electron chi connectivity index (χ1n) is 3.87. The third-order valence-electron chi connectivity index (χ3n) is 1.37. The van der Waals surface area contributed by atoms with E-state index in [4.69, 9.17) is 5.73 Å². The van der Waals surface area contributed by atoms with Gasteiger partial charge in [-0.2, -0.15) is 0 Å². The van der Waals surface area contributed by atoms with Gasteiger partial charge in [0.2, 0.25) is 0 Å². The van der Waals surface area contributed by atoms with Crippen LogP contribution in [0.25, 0.3) is 0 Å². The zero-order chi connectivity index (χ0) is 8.69. The molecule has 0 aliphatic rings. The van der Waals surface area contributed by atoms with Gasteiger partial charge < -0.3 is 15.8 Å². The average Bonchev–Trinajstić information content (AvgIpc) is 2.01. The second kappa shape index (κ2) is 5.97. The molecular weight excluding hydrogens is 144 g/mol. The number of ether oxygens (including phenoxy) is 1. The summed E-state index contributed by atoms with van der Waals surface area (Å²) < 4.78 is 4.67. The standard InChI is InChI=1S/C7H16N2O2/c1-3-6(5-8)9-7(10)11-4-2/h6H,3-5,8H2,1-2H3,(H,9,10). The highest BCUT2D eigenvalue weighted by Crippen LogP contribution is 1.88. The van der Waals surface area contributed by atoms with Crippen LogP contribution in [0.4, 0.5) is 4.79 Å². The number of alkyl carbamates (subject to hydrolysis) is 1. The molecule has 11 heavy (non-hydrogen) atoms. The molecule has 0 aliphatic heterocycles. The maximum atomic E-state index is 10.8. The fraction of sp³-hybridized carbons (Fsp3) is 0.857. The molecule has 66 valence electrons. The first kappa shape index (κ1) is 10.2. The van der Waals surface area contributed by atoms with E-state index in [1.165, 1.54) is 0 Å². The van der Waals surface area contributed by atoms with Crippen LogP contribution in [-0.4, -0.2) is 25.3 Å². The highest BCUT2D eigenvalue weighted by atomic mass is 16.5. The summed E-state index contributed by atoms with van der Waals surface area (Å²) in [5.41, 5.74) is 5.36. The van der Waals surface area contributed by atoms with Crippen LogP contribution in [0.5, 0.6) is 0 Å². The molecule has 0 bridgehead atoms. The van der Waals surface area contributed by atoms with E-state index in [1.807, 2.05) is 6.92 Å². The zero-order valence-corrected chi connectivity index (χ0v) is 7.09. The molecule has 4 heteroatoms. The van der Waals surface area contributed by atoms with Crippen LogP contribution < -0.4 is 11.1 Å². The van der Waals surface area contributed by atoms with Crippen LogP contribution in [0.2, 0.25) is 0 Å². The van der Waals surface area contributed by atoms with Gasteiger partial charge in [-0.15, -0.1) is 0 Å². The molecule has 0 aromatic rings. The third-order valence-corrected chi connectivity index (χ3v) is 1.37. The summed E-state index contributed by atoms with van der Waals surface area (Å²) in [5, 5.41) is 2.63. The van der Waals surface area contributed by atoms with Crippen molar-refractivity contribution in [1.82, 2.24) is 5.32 Å². The number of nitrogens with one attached hydrogen (secondary N) is 1. The maximum Gasteiger partial charge on any atom is 0.407 e. The molecule has 0 aliphatic carbocycles. The van der Waals surface area contributed by atoms with Crippen LogP contribution >= 0.6 is 0 Å². The van der Waals surface area contributed by atoms with Crippen molar-refractivity contribution in [2.24, 2.45) is 5.73 Å². The minimum Gasteiger partial charge on any atom is -0.450 e. The lowest BCUT2D eigenvalue weighted by atomic mass is 10.2. The SMILES string of the molecule is CCOC(=O)NC(CC)CN. The van der Waals surface area contributed by atoms with Crippen molar-refractivity contribution < 1.29 is 9.53 Å². The number of rotatable bonds is 4. The van der Waals surface area contributed by atoms with Gasteiger partial charge in [-0.3, -0.25) is 0 Å². The Balaban J connectivity index is 3.54. The second-order valence-electron chi connectivity index (χ2n) is 2.21. The van der Waals surface area contributed by atoms with Gasteiger partial charge in [0.25, 0.3) is 0 Å². The van der Waals surface area contributed by atoms with Gasteiger partial charge in [-0.25, -0.2) is 4.79 Å². The van der Waals surface area contributed by atoms with E-state index < -0.39 is 0 Å². The van der Waals surface area contributed by atoms with Gasteiger partial charge in [-0.05, 0) is 13.3 Å². The molecule has 0 fully saturated rings. The summed E-state index contributed by atoms with van der Waals surface area (Å²) in [4.78, 5) is 10.8. The van der Waals surface area contributed by atoms with Crippen molar-refractivity contribution in [3.05, 3.63) is 0 Å². The minimum atomic E-state index is -0.384. The van der Waals surface area contributed by atoms with Crippen LogP contribution in [-0.2, 0) is 4.74 Å². The molecule has 0 aromatic carbocycles. The van der Waals surface area contributed by atoms with E-state index in [-0.39, 0.29) is 12.1 Å². The smallest absolute Gasteiger partial charge is 0.407 e. The Bertz CT molecular complexity index is 113. The molecule has 1 atom stereocenters. The molecule has 0 spiro atoms. The van der Waals surface area contributed by atoms with E-state index in [9.17, 15) is 4.79 Å². The number of amides is 1. The van der Waals surface area contributed by atoms with Gasteiger partial charge in [0.05, 0.1) is 6.61 Å². The Morgan fingerprint density at radius 3 is 2.64 bits per heavy atom. The van der Waals surface area contributed by atoms with Crippen LogP contribution in [0.3, 0.4) is 0 Å². The summed E-state index contributed by atoms with van der Waals surface area (Å²) in [6.07, 6.45) is 0.444. The number of carbonyl (C=O) groups excluding carboxylic acids is 1. The maximum absolute atomic E-state index is 10.8. The molecule has 1 amide bonds.